The summed E-state index contributed by atoms with van der Waals surface area (Å²) >= 11 is 1.98. The fourth-order valence-corrected chi connectivity index (χ4v) is 3.92. The molecule has 1 fully saturated rings. The molecule has 1 saturated carbocycles. The zero-order chi connectivity index (χ0) is 14.9. The Labute approximate surface area is 131 Å². The van der Waals surface area contributed by atoms with Crippen LogP contribution < -0.4 is 5.32 Å². The third-order valence-corrected chi connectivity index (χ3v) is 5.16. The number of aromatic nitrogens is 2. The Kier molecular flexibility index (Phi) is 7.53. The van der Waals surface area contributed by atoms with Crippen LogP contribution in [0.1, 0.15) is 50.7 Å². The fraction of sp³-hybridized carbons (Fsp3) is 0.867. The molecule has 1 atom stereocenters. The maximum Gasteiger partial charge on any atom is 0.228 e. The van der Waals surface area contributed by atoms with Crippen molar-refractivity contribution in [2.45, 2.75) is 62.5 Å². The third kappa shape index (κ3) is 5.96. The van der Waals surface area contributed by atoms with Gasteiger partial charge in [-0.3, -0.25) is 0 Å². The van der Waals surface area contributed by atoms with E-state index in [0.717, 1.165) is 29.8 Å². The van der Waals surface area contributed by atoms with Gasteiger partial charge in [-0.25, -0.2) is 0 Å². The van der Waals surface area contributed by atoms with Gasteiger partial charge in [0.15, 0.2) is 5.82 Å². The van der Waals surface area contributed by atoms with E-state index >= 15 is 0 Å². The van der Waals surface area contributed by atoms with Gasteiger partial charge in [0.1, 0.15) is 0 Å². The van der Waals surface area contributed by atoms with Crippen LogP contribution in [0.25, 0.3) is 0 Å². The minimum atomic E-state index is 0.235. The summed E-state index contributed by atoms with van der Waals surface area (Å²) in [6.07, 6.45) is 7.54. The molecule has 0 spiro atoms. The SMILES string of the molecule is CCNC(COC)Cc1nc(CSC2CCCCC2)no1. The zero-order valence-electron chi connectivity index (χ0n) is 13.1. The average molecular weight is 313 g/mol. The van der Waals surface area contributed by atoms with Crippen LogP contribution >= 0.6 is 11.8 Å². The van der Waals surface area contributed by atoms with Crippen LogP contribution in [0.3, 0.4) is 0 Å². The molecule has 0 bridgehead atoms. The monoisotopic (exact) mass is 313 g/mol. The van der Waals surface area contributed by atoms with Gasteiger partial charge in [0.05, 0.1) is 12.4 Å². The summed E-state index contributed by atoms with van der Waals surface area (Å²) in [7, 11) is 1.71. The summed E-state index contributed by atoms with van der Waals surface area (Å²) in [5.74, 6) is 2.40. The number of likely N-dealkylation sites (N-methyl/N-ethyl adjacent to an activating group) is 1. The first kappa shape index (κ1) is 16.8. The molecule has 1 aliphatic rings. The summed E-state index contributed by atoms with van der Waals surface area (Å²) in [5.41, 5.74) is 0. The van der Waals surface area contributed by atoms with Crippen LogP contribution in [0.2, 0.25) is 0 Å². The lowest BCUT2D eigenvalue weighted by Crippen LogP contribution is -2.35. The van der Waals surface area contributed by atoms with Crippen molar-refractivity contribution in [3.8, 4) is 0 Å². The van der Waals surface area contributed by atoms with Crippen LogP contribution in [0.5, 0.6) is 0 Å². The highest BCUT2D eigenvalue weighted by Gasteiger charge is 2.17. The number of nitrogens with zero attached hydrogens (tertiary/aromatic N) is 2. The van der Waals surface area contributed by atoms with E-state index in [1.165, 1.54) is 32.1 Å². The number of methoxy groups -OCH3 is 1. The number of nitrogens with one attached hydrogen (secondary N) is 1. The van der Waals surface area contributed by atoms with Crippen molar-refractivity contribution in [1.82, 2.24) is 15.5 Å². The number of ether oxygens (including phenoxy) is 1. The van der Waals surface area contributed by atoms with E-state index < -0.39 is 0 Å². The van der Waals surface area contributed by atoms with E-state index in [-0.39, 0.29) is 6.04 Å². The lowest BCUT2D eigenvalue weighted by Gasteiger charge is -2.20. The molecular weight excluding hydrogens is 286 g/mol. The van der Waals surface area contributed by atoms with Crippen molar-refractivity contribution >= 4 is 11.8 Å². The predicted octanol–water partition coefficient (Wildman–Crippen LogP) is 2.80. The van der Waals surface area contributed by atoms with E-state index in [9.17, 15) is 0 Å². The minimum Gasteiger partial charge on any atom is -0.383 e. The maximum atomic E-state index is 5.36. The van der Waals surface area contributed by atoms with Gasteiger partial charge in [-0.1, -0.05) is 31.3 Å². The first-order valence-corrected chi connectivity index (χ1v) is 9.02. The smallest absolute Gasteiger partial charge is 0.228 e. The molecule has 1 aromatic rings. The summed E-state index contributed by atoms with van der Waals surface area (Å²) in [4.78, 5) is 4.50. The molecule has 0 saturated heterocycles. The first-order chi connectivity index (χ1) is 10.3. The Balaban J connectivity index is 1.77. The summed E-state index contributed by atoms with van der Waals surface area (Å²) in [5, 5.41) is 8.25. The average Bonchev–Trinajstić information content (AvgIpc) is 2.94. The molecule has 0 radical (unpaired) electrons. The second-order valence-corrected chi connectivity index (χ2v) is 6.88. The Morgan fingerprint density at radius 2 is 2.19 bits per heavy atom. The Bertz CT molecular complexity index is 388. The lowest BCUT2D eigenvalue weighted by molar-refractivity contribution is 0.162. The molecule has 1 aliphatic carbocycles. The van der Waals surface area contributed by atoms with Gasteiger partial charge in [0, 0.05) is 24.8 Å². The molecule has 21 heavy (non-hydrogen) atoms. The number of hydrogen-bond donors (Lipinski definition) is 1. The normalized spacial score (nSPS) is 18.0. The van der Waals surface area contributed by atoms with Gasteiger partial charge >= 0.3 is 0 Å². The highest BCUT2D eigenvalue weighted by atomic mass is 32.2. The summed E-state index contributed by atoms with van der Waals surface area (Å²) in [6, 6.07) is 0.235. The molecular formula is C15H27N3O2S. The second-order valence-electron chi connectivity index (χ2n) is 5.59. The largest absolute Gasteiger partial charge is 0.383 e. The molecule has 0 amide bonds. The van der Waals surface area contributed by atoms with E-state index in [0.29, 0.717) is 12.5 Å². The van der Waals surface area contributed by atoms with Gasteiger partial charge in [0.25, 0.3) is 0 Å². The van der Waals surface area contributed by atoms with Crippen molar-refractivity contribution in [2.75, 3.05) is 20.3 Å². The standard InChI is InChI=1S/C15H27N3O2S/c1-3-16-12(10-19-2)9-15-17-14(18-20-15)11-21-13-7-5-4-6-8-13/h12-13,16H,3-11H2,1-2H3. The first-order valence-electron chi connectivity index (χ1n) is 7.97. The van der Waals surface area contributed by atoms with Gasteiger partial charge in [0.2, 0.25) is 5.89 Å². The number of thioether (sulfide) groups is 1. The van der Waals surface area contributed by atoms with Crippen molar-refractivity contribution in [1.29, 1.82) is 0 Å². The zero-order valence-corrected chi connectivity index (χ0v) is 14.0. The van der Waals surface area contributed by atoms with Crippen LogP contribution in [0.4, 0.5) is 0 Å². The lowest BCUT2D eigenvalue weighted by atomic mass is 10.0. The van der Waals surface area contributed by atoms with Crippen molar-refractivity contribution < 1.29 is 9.26 Å². The third-order valence-electron chi connectivity index (χ3n) is 3.79. The molecule has 0 aromatic carbocycles. The van der Waals surface area contributed by atoms with E-state index in [4.69, 9.17) is 9.26 Å². The Morgan fingerprint density at radius 3 is 2.90 bits per heavy atom. The number of rotatable bonds is 9. The highest BCUT2D eigenvalue weighted by molar-refractivity contribution is 7.99. The molecule has 1 N–H and O–H groups in total. The van der Waals surface area contributed by atoms with E-state index in [2.05, 4.69) is 22.4 Å². The quantitative estimate of drug-likeness (QED) is 0.756. The Morgan fingerprint density at radius 1 is 1.38 bits per heavy atom. The summed E-state index contributed by atoms with van der Waals surface area (Å²) < 4.78 is 10.6. The molecule has 1 unspecified atom stereocenters. The van der Waals surface area contributed by atoms with E-state index in [1.54, 1.807) is 7.11 Å². The van der Waals surface area contributed by atoms with Crippen LogP contribution in [-0.2, 0) is 16.9 Å². The van der Waals surface area contributed by atoms with Crippen molar-refractivity contribution in [3.63, 3.8) is 0 Å². The second kappa shape index (κ2) is 9.43. The molecule has 120 valence electrons. The summed E-state index contributed by atoms with van der Waals surface area (Å²) in [6.45, 7) is 3.65. The molecule has 2 rings (SSSR count). The van der Waals surface area contributed by atoms with Crippen LogP contribution in [0, 0.1) is 0 Å². The van der Waals surface area contributed by atoms with Gasteiger partial charge in [-0.15, -0.1) is 0 Å². The molecule has 0 aliphatic heterocycles. The van der Waals surface area contributed by atoms with Gasteiger partial charge in [-0.05, 0) is 19.4 Å². The number of hydrogen-bond acceptors (Lipinski definition) is 6. The van der Waals surface area contributed by atoms with Gasteiger partial charge < -0.3 is 14.6 Å². The van der Waals surface area contributed by atoms with Crippen LogP contribution in [0.15, 0.2) is 4.52 Å². The fourth-order valence-electron chi connectivity index (χ4n) is 2.75. The molecule has 5 nitrogen and oxygen atoms in total. The van der Waals surface area contributed by atoms with Crippen LogP contribution in [-0.4, -0.2) is 41.7 Å². The minimum absolute atomic E-state index is 0.235. The van der Waals surface area contributed by atoms with Crippen molar-refractivity contribution in [3.05, 3.63) is 11.7 Å². The molecule has 6 heteroatoms. The Hall–Kier alpha value is -0.590. The predicted molar refractivity (Wildman–Crippen MR) is 85.5 cm³/mol. The van der Waals surface area contributed by atoms with Crippen molar-refractivity contribution in [2.24, 2.45) is 0 Å². The van der Waals surface area contributed by atoms with Gasteiger partial charge in [-0.2, -0.15) is 16.7 Å². The molecule has 1 heterocycles. The molecule has 1 aromatic heterocycles. The highest BCUT2D eigenvalue weighted by Crippen LogP contribution is 2.29. The maximum absolute atomic E-state index is 5.36. The topological polar surface area (TPSA) is 60.2 Å². The van der Waals surface area contributed by atoms with E-state index in [1.807, 2.05) is 11.8 Å².